The summed E-state index contributed by atoms with van der Waals surface area (Å²) in [6.45, 7) is 7.20. The van der Waals surface area contributed by atoms with Gasteiger partial charge in [-0.3, -0.25) is 0 Å². The van der Waals surface area contributed by atoms with Crippen LogP contribution >= 0.6 is 23.1 Å². The molecule has 0 aromatic carbocycles. The highest BCUT2D eigenvalue weighted by atomic mass is 32.2. The largest absolute Gasteiger partial charge is 0.444 e. The molecule has 100 valence electrons. The molecule has 0 radical (unpaired) electrons. The van der Waals surface area contributed by atoms with E-state index in [9.17, 15) is 4.79 Å². The lowest BCUT2D eigenvalue weighted by Crippen LogP contribution is -2.35. The topological polar surface area (TPSA) is 42.4 Å². The van der Waals surface area contributed by atoms with Crippen LogP contribution in [0.1, 0.15) is 27.2 Å². The van der Waals surface area contributed by atoms with E-state index in [0.717, 1.165) is 23.8 Å². The van der Waals surface area contributed by atoms with E-state index in [1.54, 1.807) is 28.0 Å². The van der Waals surface area contributed by atoms with Crippen molar-refractivity contribution in [3.63, 3.8) is 0 Å². The zero-order chi connectivity index (χ0) is 13.2. The van der Waals surface area contributed by atoms with Gasteiger partial charge in [0.25, 0.3) is 0 Å². The van der Waals surface area contributed by atoms with E-state index in [4.69, 9.17) is 4.74 Å². The minimum Gasteiger partial charge on any atom is -0.444 e. The van der Waals surface area contributed by atoms with Crippen LogP contribution in [0.3, 0.4) is 0 Å². The van der Waals surface area contributed by atoms with Crippen LogP contribution in [0.2, 0.25) is 0 Å². The average Bonchev–Trinajstić information content (AvgIpc) is 2.86. The van der Waals surface area contributed by atoms with Crippen LogP contribution in [0.4, 0.5) is 4.79 Å². The minimum absolute atomic E-state index is 0.204. The summed E-state index contributed by atoms with van der Waals surface area (Å²) < 4.78 is 6.44. The van der Waals surface area contributed by atoms with Crippen LogP contribution in [-0.2, 0) is 4.74 Å². The third kappa shape index (κ3) is 3.88. The first-order chi connectivity index (χ1) is 8.44. The van der Waals surface area contributed by atoms with Crippen molar-refractivity contribution >= 4 is 29.2 Å². The number of hydrogen-bond donors (Lipinski definition) is 0. The summed E-state index contributed by atoms with van der Waals surface area (Å²) in [6.07, 6.45) is 2.61. The number of carbonyl (C=O) groups is 1. The Labute approximate surface area is 116 Å². The molecule has 2 rings (SSSR count). The second kappa shape index (κ2) is 5.48. The Morgan fingerprint density at radius 3 is 3.00 bits per heavy atom. The number of amides is 1. The van der Waals surface area contributed by atoms with Crippen molar-refractivity contribution in [1.82, 2.24) is 9.88 Å². The molecule has 0 aliphatic carbocycles. The molecule has 18 heavy (non-hydrogen) atoms. The summed E-state index contributed by atoms with van der Waals surface area (Å²) in [7, 11) is 0. The Morgan fingerprint density at radius 1 is 1.61 bits per heavy atom. The van der Waals surface area contributed by atoms with Gasteiger partial charge in [0.15, 0.2) is 0 Å². The molecule has 0 spiro atoms. The van der Waals surface area contributed by atoms with Gasteiger partial charge in [-0.15, -0.1) is 11.3 Å². The molecule has 1 aromatic rings. The number of hydrogen-bond acceptors (Lipinski definition) is 5. The molecular weight excluding hydrogens is 268 g/mol. The summed E-state index contributed by atoms with van der Waals surface area (Å²) in [5, 5.41) is 2.41. The maximum absolute atomic E-state index is 11.9. The van der Waals surface area contributed by atoms with E-state index in [-0.39, 0.29) is 6.09 Å². The summed E-state index contributed by atoms with van der Waals surface area (Å²) in [5.74, 6) is 0. The normalized spacial score (nSPS) is 20.2. The van der Waals surface area contributed by atoms with Crippen LogP contribution in [-0.4, -0.2) is 39.9 Å². The first-order valence-corrected chi connectivity index (χ1v) is 7.74. The molecule has 0 bridgehead atoms. The van der Waals surface area contributed by atoms with Crippen molar-refractivity contribution in [2.45, 2.75) is 42.4 Å². The number of aromatic nitrogens is 1. The van der Waals surface area contributed by atoms with Gasteiger partial charge in [-0.05, 0) is 27.2 Å². The van der Waals surface area contributed by atoms with E-state index in [2.05, 4.69) is 4.98 Å². The summed E-state index contributed by atoms with van der Waals surface area (Å²) in [6, 6.07) is 0. The fourth-order valence-electron chi connectivity index (χ4n) is 1.73. The first-order valence-electron chi connectivity index (χ1n) is 5.98. The fraction of sp³-hybridized carbons (Fsp3) is 0.667. The second-order valence-electron chi connectivity index (χ2n) is 5.25. The van der Waals surface area contributed by atoms with Gasteiger partial charge in [-0.25, -0.2) is 9.78 Å². The maximum Gasteiger partial charge on any atom is 0.410 e. The molecule has 0 unspecified atom stereocenters. The lowest BCUT2D eigenvalue weighted by atomic mass is 10.2. The van der Waals surface area contributed by atoms with Gasteiger partial charge in [-0.2, -0.15) is 0 Å². The van der Waals surface area contributed by atoms with Crippen LogP contribution < -0.4 is 0 Å². The third-order valence-electron chi connectivity index (χ3n) is 2.47. The number of rotatable bonds is 2. The first kappa shape index (κ1) is 13.7. The molecule has 1 amide bonds. The number of ether oxygens (including phenoxy) is 1. The van der Waals surface area contributed by atoms with Crippen LogP contribution in [0.15, 0.2) is 15.9 Å². The Balaban J connectivity index is 1.83. The van der Waals surface area contributed by atoms with Gasteiger partial charge >= 0.3 is 6.09 Å². The summed E-state index contributed by atoms with van der Waals surface area (Å²) in [5.41, 5.74) is -0.419. The molecule has 1 atom stereocenters. The summed E-state index contributed by atoms with van der Waals surface area (Å²) in [4.78, 5) is 17.9. The van der Waals surface area contributed by atoms with Crippen molar-refractivity contribution in [1.29, 1.82) is 0 Å². The van der Waals surface area contributed by atoms with Crippen molar-refractivity contribution in [2.75, 3.05) is 13.1 Å². The highest BCUT2D eigenvalue weighted by Gasteiger charge is 2.30. The van der Waals surface area contributed by atoms with Gasteiger partial charge in [0.05, 0.1) is 0 Å². The fourth-order valence-corrected chi connectivity index (χ4v) is 3.77. The Morgan fingerprint density at radius 2 is 2.39 bits per heavy atom. The van der Waals surface area contributed by atoms with E-state index >= 15 is 0 Å². The third-order valence-corrected chi connectivity index (χ3v) is 4.64. The summed E-state index contributed by atoms with van der Waals surface area (Å²) >= 11 is 3.40. The molecule has 4 nitrogen and oxygen atoms in total. The lowest BCUT2D eigenvalue weighted by molar-refractivity contribution is 0.0295. The Hall–Kier alpha value is -0.750. The van der Waals surface area contributed by atoms with Crippen molar-refractivity contribution in [3.8, 4) is 0 Å². The molecule has 1 aromatic heterocycles. The zero-order valence-electron chi connectivity index (χ0n) is 10.9. The Kier molecular flexibility index (Phi) is 4.17. The number of thiazole rings is 1. The number of carbonyl (C=O) groups excluding carboxylic acids is 1. The molecule has 1 aliphatic heterocycles. The minimum atomic E-state index is -0.419. The molecular formula is C12H18N2O2S2. The number of thioether (sulfide) groups is 1. The lowest BCUT2D eigenvalue weighted by Gasteiger charge is -2.24. The predicted molar refractivity (Wildman–Crippen MR) is 74.2 cm³/mol. The van der Waals surface area contributed by atoms with Crippen molar-refractivity contribution < 1.29 is 9.53 Å². The average molecular weight is 286 g/mol. The van der Waals surface area contributed by atoms with Gasteiger partial charge < -0.3 is 9.64 Å². The molecule has 0 saturated carbocycles. The Bertz CT molecular complexity index is 401. The zero-order valence-corrected chi connectivity index (χ0v) is 12.5. The molecule has 6 heteroatoms. The monoisotopic (exact) mass is 286 g/mol. The molecule has 0 N–H and O–H groups in total. The molecule has 2 heterocycles. The van der Waals surface area contributed by atoms with Gasteiger partial charge in [0, 0.05) is 29.9 Å². The van der Waals surface area contributed by atoms with Gasteiger partial charge in [0.2, 0.25) is 0 Å². The highest BCUT2D eigenvalue weighted by molar-refractivity contribution is 8.01. The predicted octanol–water partition coefficient (Wildman–Crippen LogP) is 3.24. The molecule has 1 aliphatic rings. The van der Waals surface area contributed by atoms with E-state index < -0.39 is 5.60 Å². The molecule has 1 saturated heterocycles. The smallest absolute Gasteiger partial charge is 0.410 e. The SMILES string of the molecule is CC(C)(C)OC(=O)N1CC[C@H](Sc2nccs2)C1. The van der Waals surface area contributed by atoms with Crippen LogP contribution in [0.25, 0.3) is 0 Å². The van der Waals surface area contributed by atoms with Crippen molar-refractivity contribution in [3.05, 3.63) is 11.6 Å². The van der Waals surface area contributed by atoms with E-state index in [1.807, 2.05) is 32.3 Å². The van der Waals surface area contributed by atoms with Crippen LogP contribution in [0.5, 0.6) is 0 Å². The number of likely N-dealkylation sites (tertiary alicyclic amines) is 1. The maximum atomic E-state index is 11.9. The second-order valence-corrected chi connectivity index (χ2v) is 7.69. The standard InChI is InChI=1S/C12H18N2O2S2/c1-12(2,3)16-11(15)14-6-4-9(8-14)18-10-13-5-7-17-10/h5,7,9H,4,6,8H2,1-3H3/t9-/m0/s1. The van der Waals surface area contributed by atoms with Crippen molar-refractivity contribution in [2.24, 2.45) is 0 Å². The van der Waals surface area contributed by atoms with E-state index in [1.165, 1.54) is 0 Å². The van der Waals surface area contributed by atoms with E-state index in [0.29, 0.717) is 5.25 Å². The molecule has 1 fully saturated rings. The van der Waals surface area contributed by atoms with Gasteiger partial charge in [0.1, 0.15) is 9.94 Å². The van der Waals surface area contributed by atoms with Crippen LogP contribution in [0, 0.1) is 0 Å². The highest BCUT2D eigenvalue weighted by Crippen LogP contribution is 2.31. The van der Waals surface area contributed by atoms with Gasteiger partial charge in [-0.1, -0.05) is 11.8 Å². The quantitative estimate of drug-likeness (QED) is 0.837. The number of nitrogens with zero attached hydrogens (tertiary/aromatic N) is 2.